The number of rotatable bonds is 4. The molecule has 3 rings (SSSR count). The second-order valence-corrected chi connectivity index (χ2v) is 6.81. The number of aliphatic hydroxyl groups excluding tert-OH is 1. The Labute approximate surface area is 160 Å². The first kappa shape index (κ1) is 18.3. The maximum Gasteiger partial charge on any atom is 0.289 e. The number of hydrogen-bond donors (Lipinski definition) is 2. The molecule has 0 aromatic heterocycles. The van der Waals surface area contributed by atoms with E-state index in [0.717, 1.165) is 16.7 Å². The lowest BCUT2D eigenvalue weighted by Gasteiger charge is -2.09. The molecule has 2 amide bonds. The van der Waals surface area contributed by atoms with E-state index < -0.39 is 17.6 Å². The molecule has 0 aliphatic carbocycles. The Morgan fingerprint density at radius 3 is 2.35 bits per heavy atom. The first-order valence-corrected chi connectivity index (χ1v) is 8.62. The van der Waals surface area contributed by atoms with Crippen LogP contribution in [0.5, 0.6) is 0 Å². The Bertz CT molecular complexity index is 908. The van der Waals surface area contributed by atoms with Gasteiger partial charge in [-0.3, -0.25) is 9.59 Å². The van der Waals surface area contributed by atoms with Gasteiger partial charge in [-0.15, -0.1) is 0 Å². The number of benzene rings is 2. The van der Waals surface area contributed by atoms with Crippen molar-refractivity contribution in [1.82, 2.24) is 10.2 Å². The van der Waals surface area contributed by atoms with E-state index in [1.54, 1.807) is 12.1 Å². The maximum absolute atomic E-state index is 12.1. The van der Waals surface area contributed by atoms with Crippen molar-refractivity contribution in [2.24, 2.45) is 0 Å². The number of likely N-dealkylation sites (N-methyl/N-ethyl adjacent to an activating group) is 1. The summed E-state index contributed by atoms with van der Waals surface area (Å²) in [5.74, 6) is -1.48. The Hall–Kier alpha value is -2.50. The molecule has 0 fully saturated rings. The zero-order valence-electron chi connectivity index (χ0n) is 13.9. The maximum atomic E-state index is 12.1. The van der Waals surface area contributed by atoms with E-state index in [0.29, 0.717) is 10.0 Å². The molecule has 0 radical (unpaired) electrons. The first-order valence-electron chi connectivity index (χ1n) is 7.87. The van der Waals surface area contributed by atoms with Crippen LogP contribution in [0, 0.1) is 0 Å². The predicted molar refractivity (Wildman–Crippen MR) is 101 cm³/mol. The van der Waals surface area contributed by atoms with Crippen molar-refractivity contribution < 1.29 is 14.7 Å². The van der Waals surface area contributed by atoms with Crippen LogP contribution < -0.4 is 5.32 Å². The van der Waals surface area contributed by atoms with E-state index in [1.807, 2.05) is 30.3 Å². The van der Waals surface area contributed by atoms with Crippen molar-refractivity contribution in [2.45, 2.75) is 6.54 Å². The van der Waals surface area contributed by atoms with E-state index in [9.17, 15) is 14.7 Å². The predicted octanol–water partition coefficient (Wildman–Crippen LogP) is 3.56. The Morgan fingerprint density at radius 2 is 1.77 bits per heavy atom. The van der Waals surface area contributed by atoms with Crippen molar-refractivity contribution in [3.05, 3.63) is 69.4 Å². The van der Waals surface area contributed by atoms with Crippen molar-refractivity contribution in [2.75, 3.05) is 13.6 Å². The largest absolute Gasteiger partial charge is 0.503 e. The lowest BCUT2D eigenvalue weighted by Crippen LogP contribution is -2.27. The SMILES string of the molecule is CN1CC(C(=O)NCc2ccc(-c3ccc(Cl)c(Cl)c3)cc2)=C(O)C1=O. The first-order chi connectivity index (χ1) is 12.4. The second-order valence-electron chi connectivity index (χ2n) is 6.00. The summed E-state index contributed by atoms with van der Waals surface area (Å²) in [6, 6.07) is 13.0. The normalized spacial score (nSPS) is 14.1. The number of aliphatic hydroxyl groups is 1. The van der Waals surface area contributed by atoms with Gasteiger partial charge in [-0.1, -0.05) is 53.5 Å². The summed E-state index contributed by atoms with van der Waals surface area (Å²) < 4.78 is 0. The third-order valence-electron chi connectivity index (χ3n) is 4.16. The fourth-order valence-corrected chi connectivity index (χ4v) is 2.95. The van der Waals surface area contributed by atoms with Gasteiger partial charge in [0.2, 0.25) is 0 Å². The highest BCUT2D eigenvalue weighted by Gasteiger charge is 2.31. The van der Waals surface area contributed by atoms with Crippen molar-refractivity contribution in [1.29, 1.82) is 0 Å². The van der Waals surface area contributed by atoms with Crippen LogP contribution in [0.4, 0.5) is 0 Å². The summed E-state index contributed by atoms with van der Waals surface area (Å²) in [5.41, 5.74) is 2.89. The van der Waals surface area contributed by atoms with Crippen LogP contribution in [0.25, 0.3) is 11.1 Å². The molecule has 0 bridgehead atoms. The number of carbonyl (C=O) groups excluding carboxylic acids is 2. The fraction of sp³-hybridized carbons (Fsp3) is 0.158. The molecular formula is C19H16Cl2N2O3. The van der Waals surface area contributed by atoms with Crippen LogP contribution in [-0.4, -0.2) is 35.4 Å². The molecule has 0 saturated heterocycles. The van der Waals surface area contributed by atoms with Gasteiger partial charge in [-0.25, -0.2) is 0 Å². The quantitative estimate of drug-likeness (QED) is 0.838. The van der Waals surface area contributed by atoms with Crippen LogP contribution >= 0.6 is 23.2 Å². The highest BCUT2D eigenvalue weighted by Crippen LogP contribution is 2.28. The lowest BCUT2D eigenvalue weighted by molar-refractivity contribution is -0.126. The topological polar surface area (TPSA) is 69.6 Å². The molecule has 1 aliphatic rings. The highest BCUT2D eigenvalue weighted by atomic mass is 35.5. The van der Waals surface area contributed by atoms with Gasteiger partial charge in [0.15, 0.2) is 5.76 Å². The molecule has 26 heavy (non-hydrogen) atoms. The van der Waals surface area contributed by atoms with Crippen molar-refractivity contribution in [3.63, 3.8) is 0 Å². The van der Waals surface area contributed by atoms with Crippen LogP contribution in [0.1, 0.15) is 5.56 Å². The summed E-state index contributed by atoms with van der Waals surface area (Å²) in [6.07, 6.45) is 0. The van der Waals surface area contributed by atoms with Crippen LogP contribution in [0.15, 0.2) is 53.8 Å². The smallest absolute Gasteiger partial charge is 0.289 e. The average Bonchev–Trinajstić information content (AvgIpc) is 2.90. The molecule has 2 aromatic carbocycles. The number of nitrogens with zero attached hydrogens (tertiary/aromatic N) is 1. The summed E-state index contributed by atoms with van der Waals surface area (Å²) in [5, 5.41) is 13.4. The zero-order valence-corrected chi connectivity index (χ0v) is 15.4. The van der Waals surface area contributed by atoms with Crippen LogP contribution in [-0.2, 0) is 16.1 Å². The minimum Gasteiger partial charge on any atom is -0.503 e. The molecular weight excluding hydrogens is 375 g/mol. The number of amides is 2. The van der Waals surface area contributed by atoms with E-state index in [4.69, 9.17) is 23.2 Å². The summed E-state index contributed by atoms with van der Waals surface area (Å²) >= 11 is 12.0. The van der Waals surface area contributed by atoms with Gasteiger partial charge in [0.25, 0.3) is 11.8 Å². The van der Waals surface area contributed by atoms with Crippen LogP contribution in [0.2, 0.25) is 10.0 Å². The molecule has 0 saturated carbocycles. The van der Waals surface area contributed by atoms with Gasteiger partial charge in [0, 0.05) is 13.6 Å². The standard InChI is InChI=1S/C19H16Cl2N2O3/c1-23-10-14(17(24)19(23)26)18(25)22-9-11-2-4-12(5-3-11)13-6-7-15(20)16(21)8-13/h2-8,24H,9-10H2,1H3,(H,22,25). The monoisotopic (exact) mass is 390 g/mol. The average molecular weight is 391 g/mol. The van der Waals surface area contributed by atoms with E-state index >= 15 is 0 Å². The van der Waals surface area contributed by atoms with E-state index in [1.165, 1.54) is 11.9 Å². The number of carbonyl (C=O) groups is 2. The zero-order chi connectivity index (χ0) is 18.8. The minimum atomic E-state index is -0.541. The minimum absolute atomic E-state index is 0.0879. The van der Waals surface area contributed by atoms with E-state index in [2.05, 4.69) is 5.32 Å². The van der Waals surface area contributed by atoms with Crippen molar-refractivity contribution in [3.8, 4) is 11.1 Å². The van der Waals surface area contributed by atoms with Gasteiger partial charge in [0.1, 0.15) is 0 Å². The second kappa shape index (κ2) is 7.40. The Kier molecular flexibility index (Phi) is 5.20. The third-order valence-corrected chi connectivity index (χ3v) is 4.90. The summed E-state index contributed by atoms with van der Waals surface area (Å²) in [4.78, 5) is 25.0. The molecule has 0 spiro atoms. The van der Waals surface area contributed by atoms with Gasteiger partial charge in [-0.2, -0.15) is 0 Å². The van der Waals surface area contributed by atoms with Crippen LogP contribution in [0.3, 0.4) is 0 Å². The molecule has 2 aromatic rings. The van der Waals surface area contributed by atoms with Gasteiger partial charge >= 0.3 is 0 Å². The molecule has 134 valence electrons. The number of nitrogens with one attached hydrogen (secondary N) is 1. The Balaban J connectivity index is 1.66. The highest BCUT2D eigenvalue weighted by molar-refractivity contribution is 6.42. The fourth-order valence-electron chi connectivity index (χ4n) is 2.65. The van der Waals surface area contributed by atoms with Gasteiger partial charge in [-0.05, 0) is 28.8 Å². The molecule has 0 atom stereocenters. The summed E-state index contributed by atoms with van der Waals surface area (Å²) in [6.45, 7) is 0.391. The van der Waals surface area contributed by atoms with Gasteiger partial charge < -0.3 is 15.3 Å². The number of hydrogen-bond acceptors (Lipinski definition) is 3. The molecule has 1 heterocycles. The molecule has 1 aliphatic heterocycles. The van der Waals surface area contributed by atoms with E-state index in [-0.39, 0.29) is 18.7 Å². The summed E-state index contributed by atoms with van der Waals surface area (Å²) in [7, 11) is 1.53. The Morgan fingerprint density at radius 1 is 1.12 bits per heavy atom. The van der Waals surface area contributed by atoms with Gasteiger partial charge in [0.05, 0.1) is 22.2 Å². The molecule has 2 N–H and O–H groups in total. The lowest BCUT2D eigenvalue weighted by atomic mass is 10.0. The molecule has 5 nitrogen and oxygen atoms in total. The molecule has 7 heteroatoms. The van der Waals surface area contributed by atoms with Crippen molar-refractivity contribution >= 4 is 35.0 Å². The third kappa shape index (κ3) is 3.69. The molecule has 0 unspecified atom stereocenters. The number of halogens is 2.